The molecule has 1 unspecified atom stereocenters. The van der Waals surface area contributed by atoms with Gasteiger partial charge in [0, 0.05) is 5.54 Å². The Hall–Kier alpha value is -0.560. The van der Waals surface area contributed by atoms with Crippen molar-refractivity contribution in [1.82, 2.24) is 0 Å². The van der Waals surface area contributed by atoms with Crippen LogP contribution in [0.5, 0.6) is 0 Å². The largest absolute Gasteiger partial charge is 0.325 e. The van der Waals surface area contributed by atoms with Crippen molar-refractivity contribution in [2.75, 3.05) is 0 Å². The number of hydrogen-bond donors (Lipinski definition) is 1. The van der Waals surface area contributed by atoms with Crippen LogP contribution in [0, 0.1) is 0 Å². The van der Waals surface area contributed by atoms with Crippen molar-refractivity contribution in [2.24, 2.45) is 5.73 Å². The van der Waals surface area contributed by atoms with Crippen molar-refractivity contribution in [2.45, 2.75) is 38.6 Å². The highest BCUT2D eigenvalue weighted by atomic mass is 14.7. The van der Waals surface area contributed by atoms with E-state index in [1.807, 2.05) is 0 Å². The van der Waals surface area contributed by atoms with Crippen LogP contribution in [0.25, 0.3) is 0 Å². The second-order valence-corrected chi connectivity index (χ2v) is 3.37. The molecule has 0 aliphatic carbocycles. The Balaban J connectivity index is 3.69. The highest BCUT2D eigenvalue weighted by molar-refractivity contribution is 5.11. The number of hydrogen-bond acceptors (Lipinski definition) is 1. The molecule has 11 heavy (non-hydrogen) atoms. The van der Waals surface area contributed by atoms with E-state index in [9.17, 15) is 0 Å². The third kappa shape index (κ3) is 4.79. The lowest BCUT2D eigenvalue weighted by Crippen LogP contribution is -2.34. The Labute approximate surface area is 70.0 Å². The maximum Gasteiger partial charge on any atom is 0.0126 e. The molecule has 0 spiro atoms. The summed E-state index contributed by atoms with van der Waals surface area (Å²) in [6.07, 6.45) is 4.77. The predicted octanol–water partition coefficient (Wildman–Crippen LogP) is 2.64. The summed E-state index contributed by atoms with van der Waals surface area (Å²) >= 11 is 0. The van der Waals surface area contributed by atoms with Gasteiger partial charge in [-0.2, -0.15) is 0 Å². The van der Waals surface area contributed by atoms with Crippen LogP contribution in [0.3, 0.4) is 0 Å². The molecule has 1 atom stereocenters. The van der Waals surface area contributed by atoms with Gasteiger partial charge in [0.15, 0.2) is 0 Å². The van der Waals surface area contributed by atoms with E-state index in [2.05, 4.69) is 27.0 Å². The molecule has 0 rings (SSSR count). The van der Waals surface area contributed by atoms with E-state index >= 15 is 0 Å². The van der Waals surface area contributed by atoms with Crippen LogP contribution < -0.4 is 5.73 Å². The van der Waals surface area contributed by atoms with E-state index in [0.29, 0.717) is 0 Å². The van der Waals surface area contributed by atoms with Crippen LogP contribution in [0.4, 0.5) is 0 Å². The summed E-state index contributed by atoms with van der Waals surface area (Å²) in [6, 6.07) is 0. The predicted molar refractivity (Wildman–Crippen MR) is 51.5 cm³/mol. The number of allylic oxidation sites excluding steroid dienone is 2. The molecule has 0 aromatic carbocycles. The van der Waals surface area contributed by atoms with Crippen LogP contribution in [0.1, 0.15) is 33.1 Å². The van der Waals surface area contributed by atoms with Crippen molar-refractivity contribution in [3.63, 3.8) is 0 Å². The summed E-state index contributed by atoms with van der Waals surface area (Å²) in [4.78, 5) is 0. The van der Waals surface area contributed by atoms with Crippen molar-refractivity contribution >= 4 is 0 Å². The van der Waals surface area contributed by atoms with Gasteiger partial charge in [0.25, 0.3) is 0 Å². The third-order valence-electron chi connectivity index (χ3n) is 2.11. The summed E-state index contributed by atoms with van der Waals surface area (Å²) in [5.41, 5.74) is 6.99. The fraction of sp³-hybridized carbons (Fsp3) is 0.600. The van der Waals surface area contributed by atoms with E-state index in [1.165, 1.54) is 0 Å². The van der Waals surface area contributed by atoms with Gasteiger partial charge in [0.1, 0.15) is 0 Å². The Morgan fingerprint density at radius 2 is 2.18 bits per heavy atom. The molecule has 0 aliphatic heterocycles. The van der Waals surface area contributed by atoms with Crippen LogP contribution in [-0.4, -0.2) is 5.54 Å². The molecule has 1 nitrogen and oxygen atoms in total. The highest BCUT2D eigenvalue weighted by Gasteiger charge is 2.14. The highest BCUT2D eigenvalue weighted by Crippen LogP contribution is 2.16. The smallest absolute Gasteiger partial charge is 0.0126 e. The molecule has 0 saturated carbocycles. The van der Waals surface area contributed by atoms with E-state index in [-0.39, 0.29) is 5.54 Å². The lowest BCUT2D eigenvalue weighted by molar-refractivity contribution is 0.419. The zero-order chi connectivity index (χ0) is 8.91. The van der Waals surface area contributed by atoms with Crippen molar-refractivity contribution in [1.29, 1.82) is 0 Å². The molecule has 64 valence electrons. The minimum absolute atomic E-state index is 0.0358. The molecular formula is C10H19N. The quantitative estimate of drug-likeness (QED) is 0.604. The standard InChI is InChI=1S/C10H19N/c1-5-9(3)7-8-10(4,11)6-2/h5H,1,3,6-8,11H2,2,4H3. The second kappa shape index (κ2) is 4.35. The van der Waals surface area contributed by atoms with Gasteiger partial charge in [-0.25, -0.2) is 0 Å². The summed E-state index contributed by atoms with van der Waals surface area (Å²) in [7, 11) is 0. The Morgan fingerprint density at radius 1 is 1.64 bits per heavy atom. The van der Waals surface area contributed by atoms with Gasteiger partial charge in [0.2, 0.25) is 0 Å². The first-order chi connectivity index (χ1) is 5.02. The molecule has 0 aromatic heterocycles. The van der Waals surface area contributed by atoms with Gasteiger partial charge in [-0.15, -0.1) is 0 Å². The zero-order valence-corrected chi connectivity index (χ0v) is 7.69. The minimum atomic E-state index is -0.0358. The minimum Gasteiger partial charge on any atom is -0.325 e. The fourth-order valence-corrected chi connectivity index (χ4v) is 0.725. The molecule has 1 heteroatoms. The molecule has 0 fully saturated rings. The van der Waals surface area contributed by atoms with E-state index in [1.54, 1.807) is 6.08 Å². The van der Waals surface area contributed by atoms with Crippen LogP contribution in [-0.2, 0) is 0 Å². The molecule has 0 bridgehead atoms. The first kappa shape index (κ1) is 10.4. The van der Waals surface area contributed by atoms with E-state index in [0.717, 1.165) is 24.8 Å². The fourth-order valence-electron chi connectivity index (χ4n) is 0.725. The summed E-state index contributed by atoms with van der Waals surface area (Å²) < 4.78 is 0. The summed E-state index contributed by atoms with van der Waals surface area (Å²) in [5.74, 6) is 0. The molecule has 0 amide bonds. The monoisotopic (exact) mass is 153 g/mol. The van der Waals surface area contributed by atoms with Gasteiger partial charge >= 0.3 is 0 Å². The average molecular weight is 153 g/mol. The molecular weight excluding hydrogens is 134 g/mol. The Bertz CT molecular complexity index is 145. The maximum absolute atomic E-state index is 5.94. The van der Waals surface area contributed by atoms with Gasteiger partial charge in [-0.3, -0.25) is 0 Å². The first-order valence-electron chi connectivity index (χ1n) is 4.11. The molecule has 2 N–H and O–H groups in total. The van der Waals surface area contributed by atoms with E-state index in [4.69, 9.17) is 5.73 Å². The second-order valence-electron chi connectivity index (χ2n) is 3.37. The van der Waals surface area contributed by atoms with E-state index < -0.39 is 0 Å². The van der Waals surface area contributed by atoms with Gasteiger partial charge < -0.3 is 5.73 Å². The summed E-state index contributed by atoms with van der Waals surface area (Å²) in [5, 5.41) is 0. The lowest BCUT2D eigenvalue weighted by Gasteiger charge is -2.22. The molecule has 0 aliphatic rings. The zero-order valence-electron chi connectivity index (χ0n) is 7.69. The lowest BCUT2D eigenvalue weighted by atomic mass is 9.92. The summed E-state index contributed by atoms with van der Waals surface area (Å²) in [6.45, 7) is 11.7. The van der Waals surface area contributed by atoms with Crippen LogP contribution in [0.2, 0.25) is 0 Å². The molecule has 0 radical (unpaired) electrons. The van der Waals surface area contributed by atoms with Crippen molar-refractivity contribution in [3.05, 3.63) is 24.8 Å². The Morgan fingerprint density at radius 3 is 2.55 bits per heavy atom. The van der Waals surface area contributed by atoms with Crippen molar-refractivity contribution in [3.8, 4) is 0 Å². The average Bonchev–Trinajstić information content (AvgIpc) is 2.00. The number of rotatable bonds is 5. The third-order valence-corrected chi connectivity index (χ3v) is 2.11. The van der Waals surface area contributed by atoms with Gasteiger partial charge in [-0.05, 0) is 26.2 Å². The maximum atomic E-state index is 5.94. The molecule has 0 aromatic rings. The van der Waals surface area contributed by atoms with Crippen LogP contribution in [0.15, 0.2) is 24.8 Å². The SMILES string of the molecule is C=CC(=C)CCC(C)(N)CC. The van der Waals surface area contributed by atoms with Crippen LogP contribution >= 0.6 is 0 Å². The van der Waals surface area contributed by atoms with Gasteiger partial charge in [0.05, 0.1) is 0 Å². The first-order valence-corrected chi connectivity index (χ1v) is 4.11. The normalized spacial score (nSPS) is 15.5. The van der Waals surface area contributed by atoms with Gasteiger partial charge in [-0.1, -0.05) is 31.7 Å². The topological polar surface area (TPSA) is 26.0 Å². The molecule has 0 saturated heterocycles. The van der Waals surface area contributed by atoms with Crippen molar-refractivity contribution < 1.29 is 0 Å². The number of nitrogens with two attached hydrogens (primary N) is 1. The molecule has 0 heterocycles. The Kier molecular flexibility index (Phi) is 4.12.